The van der Waals surface area contributed by atoms with E-state index in [-0.39, 0.29) is 17.5 Å². The highest BCUT2D eigenvalue weighted by atomic mass is 32.2. The molecule has 160 valence electrons. The molecular weight excluding hydrogens is 412 g/mol. The van der Waals surface area contributed by atoms with Crippen molar-refractivity contribution in [2.24, 2.45) is 5.14 Å². The number of amides is 3. The van der Waals surface area contributed by atoms with E-state index in [1.165, 1.54) is 48.3 Å². The fraction of sp³-hybridized carbons (Fsp3) is 0.263. The number of sulfonamides is 1. The number of rotatable bonds is 7. The highest BCUT2D eigenvalue weighted by Gasteiger charge is 2.32. The second-order valence-corrected chi connectivity index (χ2v) is 8.07. The van der Waals surface area contributed by atoms with E-state index in [1.807, 2.05) is 0 Å². The van der Waals surface area contributed by atoms with Crippen LogP contribution in [0.3, 0.4) is 0 Å². The number of benzene rings is 2. The number of nitrogens with one attached hydrogen (secondary N) is 1. The van der Waals surface area contributed by atoms with E-state index in [2.05, 4.69) is 5.32 Å². The number of hydrogen-bond acceptors (Lipinski definition) is 6. The van der Waals surface area contributed by atoms with Gasteiger partial charge in [-0.1, -0.05) is 0 Å². The van der Waals surface area contributed by atoms with E-state index in [0.717, 1.165) is 0 Å². The molecule has 0 aromatic heterocycles. The summed E-state index contributed by atoms with van der Waals surface area (Å²) >= 11 is 0. The molecule has 0 spiro atoms. The van der Waals surface area contributed by atoms with Crippen molar-refractivity contribution in [3.63, 3.8) is 0 Å². The number of nitrogens with zero attached hydrogens (tertiary/aromatic N) is 2. The van der Waals surface area contributed by atoms with E-state index in [4.69, 9.17) is 14.6 Å². The summed E-state index contributed by atoms with van der Waals surface area (Å²) in [7, 11) is -0.764. The molecule has 1 heterocycles. The standard InChI is InChI=1S/C19H22N4O6S/c1-28-14-5-8-17(29-2)16(11-14)23-10-9-22(19(23)25)12-18(24)21-13-3-6-15(7-4-13)30(20,26)27/h3-8,11H,9-10,12H2,1-2H3,(H,21,24)(H2,20,26,27). The fourth-order valence-electron chi connectivity index (χ4n) is 3.06. The number of hydrogen-bond donors (Lipinski definition) is 2. The van der Waals surface area contributed by atoms with Crippen molar-refractivity contribution >= 4 is 33.3 Å². The Morgan fingerprint density at radius 3 is 2.40 bits per heavy atom. The number of ether oxygens (including phenoxy) is 2. The molecule has 2 aromatic carbocycles. The number of anilines is 2. The second-order valence-electron chi connectivity index (χ2n) is 6.51. The summed E-state index contributed by atoms with van der Waals surface area (Å²) in [5.41, 5.74) is 0.953. The van der Waals surface area contributed by atoms with Crippen LogP contribution in [0.15, 0.2) is 47.4 Å². The van der Waals surface area contributed by atoms with Crippen LogP contribution in [0, 0.1) is 0 Å². The zero-order valence-electron chi connectivity index (χ0n) is 16.5. The van der Waals surface area contributed by atoms with Gasteiger partial charge < -0.3 is 19.7 Å². The van der Waals surface area contributed by atoms with Crippen molar-refractivity contribution in [1.82, 2.24) is 4.90 Å². The first-order valence-corrected chi connectivity index (χ1v) is 10.5. The largest absolute Gasteiger partial charge is 0.497 e. The quantitative estimate of drug-likeness (QED) is 0.674. The summed E-state index contributed by atoms with van der Waals surface area (Å²) in [6, 6.07) is 10.3. The first kappa shape index (κ1) is 21.4. The molecule has 30 heavy (non-hydrogen) atoms. The Bertz CT molecular complexity index is 1060. The lowest BCUT2D eigenvalue weighted by Gasteiger charge is -2.21. The Balaban J connectivity index is 1.66. The zero-order valence-corrected chi connectivity index (χ0v) is 17.3. The van der Waals surface area contributed by atoms with Gasteiger partial charge in [0, 0.05) is 24.8 Å². The van der Waals surface area contributed by atoms with Gasteiger partial charge in [-0.2, -0.15) is 0 Å². The van der Waals surface area contributed by atoms with E-state index >= 15 is 0 Å². The van der Waals surface area contributed by atoms with Gasteiger partial charge in [0.25, 0.3) is 0 Å². The van der Waals surface area contributed by atoms with Crippen molar-refractivity contribution < 1.29 is 27.5 Å². The molecule has 0 bridgehead atoms. The summed E-state index contributed by atoms with van der Waals surface area (Å²) in [5, 5.41) is 7.68. The number of primary sulfonamides is 1. The normalized spacial score (nSPS) is 14.0. The molecule has 0 aliphatic carbocycles. The first-order chi connectivity index (χ1) is 14.2. The minimum atomic E-state index is -3.81. The number of nitrogens with two attached hydrogens (primary N) is 1. The van der Waals surface area contributed by atoms with Gasteiger partial charge in [0.05, 0.1) is 24.8 Å². The maximum Gasteiger partial charge on any atom is 0.325 e. The summed E-state index contributed by atoms with van der Waals surface area (Å²) in [5.74, 6) is 0.689. The Morgan fingerprint density at radius 2 is 1.80 bits per heavy atom. The van der Waals surface area contributed by atoms with Crippen LogP contribution in [0.1, 0.15) is 0 Å². The van der Waals surface area contributed by atoms with Gasteiger partial charge in [0.1, 0.15) is 18.0 Å². The average molecular weight is 434 g/mol. The lowest BCUT2D eigenvalue weighted by atomic mass is 10.2. The van der Waals surface area contributed by atoms with Crippen molar-refractivity contribution in [2.75, 3.05) is 44.1 Å². The van der Waals surface area contributed by atoms with Crippen LogP contribution in [0.5, 0.6) is 11.5 Å². The molecule has 1 fully saturated rings. The van der Waals surface area contributed by atoms with E-state index in [9.17, 15) is 18.0 Å². The summed E-state index contributed by atoms with van der Waals surface area (Å²) in [6.07, 6.45) is 0. The summed E-state index contributed by atoms with van der Waals surface area (Å²) in [6.45, 7) is 0.591. The van der Waals surface area contributed by atoms with Gasteiger partial charge >= 0.3 is 6.03 Å². The number of carbonyl (C=O) groups is 2. The molecule has 1 aliphatic heterocycles. The monoisotopic (exact) mass is 434 g/mol. The molecule has 3 rings (SSSR count). The van der Waals surface area contributed by atoms with Gasteiger partial charge in [-0.15, -0.1) is 0 Å². The molecule has 10 nitrogen and oxygen atoms in total. The maximum atomic E-state index is 12.8. The molecular formula is C19H22N4O6S. The SMILES string of the molecule is COc1ccc(OC)c(N2CCN(CC(=O)Nc3ccc(S(N)(=O)=O)cc3)C2=O)c1. The highest BCUT2D eigenvalue weighted by Crippen LogP contribution is 2.34. The molecule has 3 N–H and O–H groups in total. The number of urea groups is 1. The molecule has 11 heteroatoms. The molecule has 0 saturated carbocycles. The van der Waals surface area contributed by atoms with Crippen molar-refractivity contribution in [2.45, 2.75) is 4.90 Å². The maximum absolute atomic E-state index is 12.8. The molecule has 0 radical (unpaired) electrons. The second kappa shape index (κ2) is 8.59. The van der Waals surface area contributed by atoms with Crippen molar-refractivity contribution in [3.05, 3.63) is 42.5 Å². The van der Waals surface area contributed by atoms with Gasteiger partial charge in [0.15, 0.2) is 0 Å². The third-order valence-electron chi connectivity index (χ3n) is 4.57. The Morgan fingerprint density at radius 1 is 1.10 bits per heavy atom. The molecule has 2 aromatic rings. The van der Waals surface area contributed by atoms with Crippen molar-refractivity contribution in [1.29, 1.82) is 0 Å². The van der Waals surface area contributed by atoms with Gasteiger partial charge in [-0.25, -0.2) is 18.4 Å². The lowest BCUT2D eigenvalue weighted by Crippen LogP contribution is -2.37. The fourth-order valence-corrected chi connectivity index (χ4v) is 3.58. The van der Waals surface area contributed by atoms with Crippen LogP contribution in [0.4, 0.5) is 16.2 Å². The Hall–Kier alpha value is -3.31. The topological polar surface area (TPSA) is 131 Å². The van der Waals surface area contributed by atoms with Gasteiger partial charge in [0.2, 0.25) is 15.9 Å². The molecule has 1 aliphatic rings. The minimum Gasteiger partial charge on any atom is -0.497 e. The molecule has 1 saturated heterocycles. The van der Waals surface area contributed by atoms with E-state index < -0.39 is 15.9 Å². The van der Waals surface area contributed by atoms with Gasteiger partial charge in [-0.3, -0.25) is 9.69 Å². The predicted molar refractivity (Wildman–Crippen MR) is 110 cm³/mol. The number of carbonyl (C=O) groups excluding carboxylic acids is 2. The highest BCUT2D eigenvalue weighted by molar-refractivity contribution is 7.89. The van der Waals surface area contributed by atoms with Gasteiger partial charge in [-0.05, 0) is 36.4 Å². The summed E-state index contributed by atoms with van der Waals surface area (Å²) < 4.78 is 33.1. The van der Waals surface area contributed by atoms with Crippen LogP contribution in [0.25, 0.3) is 0 Å². The number of methoxy groups -OCH3 is 2. The van der Waals surface area contributed by atoms with E-state index in [0.29, 0.717) is 36.0 Å². The van der Waals surface area contributed by atoms with Crippen LogP contribution >= 0.6 is 0 Å². The zero-order chi connectivity index (χ0) is 21.9. The average Bonchev–Trinajstić information content (AvgIpc) is 3.07. The van der Waals surface area contributed by atoms with Crippen LogP contribution in [-0.2, 0) is 14.8 Å². The first-order valence-electron chi connectivity index (χ1n) is 8.94. The molecule has 0 unspecified atom stereocenters. The smallest absolute Gasteiger partial charge is 0.325 e. The molecule has 3 amide bonds. The van der Waals surface area contributed by atoms with Crippen molar-refractivity contribution in [3.8, 4) is 11.5 Å². The Labute approximate surface area is 174 Å². The van der Waals surface area contributed by atoms with Crippen LogP contribution in [-0.4, -0.2) is 59.1 Å². The lowest BCUT2D eigenvalue weighted by molar-refractivity contribution is -0.116. The molecule has 0 atom stereocenters. The Kier molecular flexibility index (Phi) is 6.13. The predicted octanol–water partition coefficient (Wildman–Crippen LogP) is 1.23. The van der Waals surface area contributed by atoms with Crippen LogP contribution < -0.4 is 24.8 Å². The van der Waals surface area contributed by atoms with Crippen LogP contribution in [0.2, 0.25) is 0 Å². The third-order valence-corrected chi connectivity index (χ3v) is 5.50. The summed E-state index contributed by atoms with van der Waals surface area (Å²) in [4.78, 5) is 28.0. The van der Waals surface area contributed by atoms with E-state index in [1.54, 1.807) is 18.2 Å². The third kappa shape index (κ3) is 4.63. The minimum absolute atomic E-state index is 0.0573.